The molecule has 0 aliphatic heterocycles. The summed E-state index contributed by atoms with van der Waals surface area (Å²) in [5, 5.41) is 3.21. The van der Waals surface area contributed by atoms with Gasteiger partial charge in [0.1, 0.15) is 0 Å². The predicted octanol–water partition coefficient (Wildman–Crippen LogP) is 1.24. The van der Waals surface area contributed by atoms with Crippen molar-refractivity contribution in [1.29, 1.82) is 0 Å². The average Bonchev–Trinajstić information content (AvgIpc) is 2.98. The Morgan fingerprint density at radius 3 is 2.53 bits per heavy atom. The molecule has 0 saturated heterocycles. The minimum absolute atomic E-state index is 0.488. The first-order valence-electron chi connectivity index (χ1n) is 5.87. The van der Waals surface area contributed by atoms with E-state index in [4.69, 9.17) is 5.84 Å². The van der Waals surface area contributed by atoms with Gasteiger partial charge in [-0.05, 0) is 30.6 Å². The summed E-state index contributed by atoms with van der Waals surface area (Å²) >= 11 is 0. The van der Waals surface area contributed by atoms with Gasteiger partial charge in [-0.15, -0.1) is 0 Å². The molecule has 0 aromatic heterocycles. The van der Waals surface area contributed by atoms with Crippen LogP contribution in [0.4, 0.5) is 0 Å². The van der Waals surface area contributed by atoms with Gasteiger partial charge in [0.25, 0.3) is 0 Å². The molecule has 0 radical (unpaired) electrons. The third-order valence-corrected chi connectivity index (χ3v) is 3.09. The Kier molecular flexibility index (Phi) is 4.39. The first kappa shape index (κ1) is 12.3. The molecule has 1 aliphatic carbocycles. The van der Waals surface area contributed by atoms with Crippen molar-refractivity contribution in [3.63, 3.8) is 0 Å². The second-order valence-electron chi connectivity index (χ2n) is 4.94. The molecule has 15 heavy (non-hydrogen) atoms. The maximum atomic E-state index is 5.41. The molecule has 0 bridgehead atoms. The van der Waals surface area contributed by atoms with Gasteiger partial charge in [-0.25, -0.2) is 5.84 Å². The van der Waals surface area contributed by atoms with E-state index in [2.05, 4.69) is 36.5 Å². The Balaban J connectivity index is 2.33. The number of guanidine groups is 1. The van der Waals surface area contributed by atoms with Crippen molar-refractivity contribution in [2.24, 2.45) is 22.2 Å². The summed E-state index contributed by atoms with van der Waals surface area (Å²) in [6, 6.07) is 0. The minimum atomic E-state index is 0.488. The van der Waals surface area contributed by atoms with Crippen LogP contribution in [0.3, 0.4) is 0 Å². The number of nitrogens with two attached hydrogens (primary N) is 1. The van der Waals surface area contributed by atoms with Gasteiger partial charge < -0.3 is 5.32 Å². The van der Waals surface area contributed by atoms with Crippen LogP contribution in [0.25, 0.3) is 0 Å². The van der Waals surface area contributed by atoms with Crippen LogP contribution in [-0.2, 0) is 0 Å². The highest BCUT2D eigenvalue weighted by Crippen LogP contribution is 2.48. The van der Waals surface area contributed by atoms with Crippen LogP contribution in [0, 0.1) is 11.3 Å². The van der Waals surface area contributed by atoms with Gasteiger partial charge >= 0.3 is 0 Å². The van der Waals surface area contributed by atoms with E-state index in [9.17, 15) is 0 Å². The summed E-state index contributed by atoms with van der Waals surface area (Å²) in [5.74, 6) is 6.73. The second kappa shape index (κ2) is 5.35. The van der Waals surface area contributed by atoms with Crippen molar-refractivity contribution >= 4 is 5.96 Å². The molecule has 1 saturated carbocycles. The van der Waals surface area contributed by atoms with Gasteiger partial charge in [0.15, 0.2) is 0 Å². The van der Waals surface area contributed by atoms with E-state index in [-0.39, 0.29) is 0 Å². The largest absolute Gasteiger partial charge is 0.355 e. The normalized spacial score (nSPS) is 19.1. The molecule has 0 unspecified atom stereocenters. The maximum Gasteiger partial charge on any atom is 0.205 e. The molecular formula is C11H24N4. The van der Waals surface area contributed by atoms with Crippen LogP contribution in [0.1, 0.15) is 40.0 Å². The topological polar surface area (TPSA) is 62.4 Å². The fourth-order valence-electron chi connectivity index (χ4n) is 1.50. The summed E-state index contributed by atoms with van der Waals surface area (Å²) < 4.78 is 0. The predicted molar refractivity (Wildman–Crippen MR) is 64.4 cm³/mol. The van der Waals surface area contributed by atoms with Crippen molar-refractivity contribution in [3.8, 4) is 0 Å². The molecule has 4 N–H and O–H groups in total. The molecular weight excluding hydrogens is 188 g/mol. The zero-order chi connectivity index (χ0) is 11.3. The summed E-state index contributed by atoms with van der Waals surface area (Å²) in [5.41, 5.74) is 3.11. The molecule has 0 aromatic carbocycles. The Labute approximate surface area is 92.7 Å². The van der Waals surface area contributed by atoms with Crippen molar-refractivity contribution in [1.82, 2.24) is 10.7 Å². The lowest BCUT2D eigenvalue weighted by Gasteiger charge is -2.13. The summed E-state index contributed by atoms with van der Waals surface area (Å²) in [4.78, 5) is 4.49. The van der Waals surface area contributed by atoms with Crippen LogP contribution in [0.15, 0.2) is 4.99 Å². The third-order valence-electron chi connectivity index (χ3n) is 3.09. The molecule has 0 atom stereocenters. The lowest BCUT2D eigenvalue weighted by atomic mass is 10.1. The smallest absolute Gasteiger partial charge is 0.205 e. The summed E-state index contributed by atoms with van der Waals surface area (Å²) in [6.45, 7) is 8.36. The molecule has 0 aromatic rings. The molecule has 1 rings (SSSR count). The van der Waals surface area contributed by atoms with E-state index >= 15 is 0 Å². The van der Waals surface area contributed by atoms with Crippen LogP contribution in [0.2, 0.25) is 0 Å². The highest BCUT2D eigenvalue weighted by atomic mass is 15.3. The first-order chi connectivity index (χ1) is 7.12. The number of aliphatic imine (C=N–C) groups is 1. The lowest BCUT2D eigenvalue weighted by Crippen LogP contribution is -2.43. The third kappa shape index (κ3) is 4.08. The van der Waals surface area contributed by atoms with Crippen molar-refractivity contribution < 1.29 is 0 Å². The fraction of sp³-hybridized carbons (Fsp3) is 0.909. The SMILES string of the molecule is CCC1(CN=C(NN)NCC(C)C)CC1. The van der Waals surface area contributed by atoms with Crippen molar-refractivity contribution in [2.45, 2.75) is 40.0 Å². The molecule has 4 nitrogen and oxygen atoms in total. The highest BCUT2D eigenvalue weighted by Gasteiger charge is 2.40. The number of nitrogens with one attached hydrogen (secondary N) is 2. The van der Waals surface area contributed by atoms with Gasteiger partial charge in [-0.1, -0.05) is 20.8 Å². The molecule has 0 amide bonds. The summed E-state index contributed by atoms with van der Waals surface area (Å²) in [7, 11) is 0. The zero-order valence-electron chi connectivity index (χ0n) is 10.1. The van der Waals surface area contributed by atoms with Gasteiger partial charge in [0, 0.05) is 13.1 Å². The van der Waals surface area contributed by atoms with Crippen LogP contribution < -0.4 is 16.6 Å². The summed E-state index contributed by atoms with van der Waals surface area (Å²) in [6.07, 6.45) is 3.85. The maximum absolute atomic E-state index is 5.41. The second-order valence-corrected chi connectivity index (χ2v) is 4.94. The van der Waals surface area contributed by atoms with Gasteiger partial charge in [-0.3, -0.25) is 10.4 Å². The molecule has 88 valence electrons. The number of hydrogen-bond donors (Lipinski definition) is 3. The standard InChI is InChI=1S/C11H24N4/c1-4-11(5-6-11)8-14-10(15-12)13-7-9(2)3/h9H,4-8,12H2,1-3H3,(H2,13,14,15). The Morgan fingerprint density at radius 2 is 2.13 bits per heavy atom. The van der Waals surface area contributed by atoms with E-state index in [1.165, 1.54) is 19.3 Å². The number of rotatable bonds is 5. The van der Waals surface area contributed by atoms with Crippen LogP contribution in [-0.4, -0.2) is 19.0 Å². The molecule has 1 fully saturated rings. The monoisotopic (exact) mass is 212 g/mol. The van der Waals surface area contributed by atoms with E-state index in [1.54, 1.807) is 0 Å². The van der Waals surface area contributed by atoms with Gasteiger partial charge in [-0.2, -0.15) is 0 Å². The van der Waals surface area contributed by atoms with Gasteiger partial charge in [0.2, 0.25) is 5.96 Å². The van der Waals surface area contributed by atoms with E-state index < -0.39 is 0 Å². The Hall–Kier alpha value is -0.770. The minimum Gasteiger partial charge on any atom is -0.355 e. The van der Waals surface area contributed by atoms with Crippen LogP contribution >= 0.6 is 0 Å². The number of nitrogens with zero attached hydrogens (tertiary/aromatic N) is 1. The highest BCUT2D eigenvalue weighted by molar-refractivity contribution is 5.79. The first-order valence-corrected chi connectivity index (χ1v) is 5.87. The molecule has 0 heterocycles. The van der Waals surface area contributed by atoms with E-state index in [0.717, 1.165) is 19.0 Å². The molecule has 1 aliphatic rings. The van der Waals surface area contributed by atoms with Crippen LogP contribution in [0.5, 0.6) is 0 Å². The van der Waals surface area contributed by atoms with E-state index in [1.807, 2.05) is 0 Å². The average molecular weight is 212 g/mol. The Morgan fingerprint density at radius 1 is 1.47 bits per heavy atom. The molecule has 4 heteroatoms. The fourth-order valence-corrected chi connectivity index (χ4v) is 1.50. The lowest BCUT2D eigenvalue weighted by molar-refractivity contribution is 0.503. The number of hydrazine groups is 1. The zero-order valence-corrected chi connectivity index (χ0v) is 10.1. The quantitative estimate of drug-likeness (QED) is 0.278. The molecule has 0 spiro atoms. The Bertz CT molecular complexity index is 219. The van der Waals surface area contributed by atoms with Gasteiger partial charge in [0.05, 0.1) is 0 Å². The van der Waals surface area contributed by atoms with Crippen molar-refractivity contribution in [3.05, 3.63) is 0 Å². The number of hydrogen-bond acceptors (Lipinski definition) is 2. The van der Waals surface area contributed by atoms with E-state index in [0.29, 0.717) is 11.3 Å². The van der Waals surface area contributed by atoms with Crippen molar-refractivity contribution in [2.75, 3.05) is 13.1 Å².